The van der Waals surface area contributed by atoms with Crippen LogP contribution in [0.4, 0.5) is 5.69 Å². The van der Waals surface area contributed by atoms with Gasteiger partial charge < -0.3 is 15.2 Å². The molecule has 2 rings (SSSR count). The smallest absolute Gasteiger partial charge is 0.358 e. The van der Waals surface area contributed by atoms with Crippen LogP contribution in [0.5, 0.6) is 0 Å². The number of benzene rings is 1. The summed E-state index contributed by atoms with van der Waals surface area (Å²) in [5, 5.41) is 18.9. The molecule has 0 saturated carbocycles. The number of carbonyl (C=O) groups excluding carboxylic acids is 1. The van der Waals surface area contributed by atoms with Crippen LogP contribution < -0.4 is 5.32 Å². The molecular formula is C14H16N4O4. The van der Waals surface area contributed by atoms with Gasteiger partial charge in [-0.1, -0.05) is 11.3 Å². The van der Waals surface area contributed by atoms with Gasteiger partial charge in [0.25, 0.3) is 0 Å². The van der Waals surface area contributed by atoms with Crippen molar-refractivity contribution in [2.45, 2.75) is 13.3 Å². The van der Waals surface area contributed by atoms with Gasteiger partial charge in [0.05, 0.1) is 24.9 Å². The number of ether oxygens (including phenoxy) is 1. The zero-order valence-corrected chi connectivity index (χ0v) is 12.0. The standard InChI is InChI=1S/C14H16N4O4/c1-2-22-7-6-13(19)15-10-4-3-5-11(8-10)18-9-12(14(20)21)16-17-18/h3-5,8-9H,2,6-7H2,1H3,(H,15,19)(H,20,21). The average molecular weight is 304 g/mol. The van der Waals surface area contributed by atoms with Crippen molar-refractivity contribution in [3.05, 3.63) is 36.2 Å². The van der Waals surface area contributed by atoms with Gasteiger partial charge >= 0.3 is 5.97 Å². The normalized spacial score (nSPS) is 10.4. The number of carbonyl (C=O) groups is 2. The van der Waals surface area contributed by atoms with E-state index < -0.39 is 5.97 Å². The summed E-state index contributed by atoms with van der Waals surface area (Å²) in [6.07, 6.45) is 1.57. The van der Waals surface area contributed by atoms with E-state index in [1.165, 1.54) is 10.9 Å². The fourth-order valence-electron chi connectivity index (χ4n) is 1.75. The molecule has 0 atom stereocenters. The Balaban J connectivity index is 2.06. The largest absolute Gasteiger partial charge is 0.476 e. The number of amides is 1. The summed E-state index contributed by atoms with van der Waals surface area (Å²) in [6, 6.07) is 6.88. The van der Waals surface area contributed by atoms with E-state index in [4.69, 9.17) is 9.84 Å². The van der Waals surface area contributed by atoms with Crippen LogP contribution in [0.1, 0.15) is 23.8 Å². The predicted octanol–water partition coefficient (Wildman–Crippen LogP) is 1.33. The Kier molecular flexibility index (Phi) is 5.21. The molecule has 1 aromatic heterocycles. The molecule has 0 saturated heterocycles. The number of nitrogens with zero attached hydrogens (tertiary/aromatic N) is 3. The van der Waals surface area contributed by atoms with E-state index in [-0.39, 0.29) is 18.0 Å². The molecule has 0 fully saturated rings. The molecule has 0 aliphatic heterocycles. The highest BCUT2D eigenvalue weighted by atomic mass is 16.5. The SMILES string of the molecule is CCOCCC(=O)Nc1cccc(-n2cc(C(=O)O)nn2)c1. The van der Waals surface area contributed by atoms with Gasteiger partial charge in [-0.25, -0.2) is 9.48 Å². The highest BCUT2D eigenvalue weighted by Crippen LogP contribution is 2.14. The van der Waals surface area contributed by atoms with Crippen LogP contribution in [0.3, 0.4) is 0 Å². The second kappa shape index (κ2) is 7.32. The molecule has 0 radical (unpaired) electrons. The third-order valence-electron chi connectivity index (χ3n) is 2.78. The Morgan fingerprint density at radius 2 is 2.23 bits per heavy atom. The summed E-state index contributed by atoms with van der Waals surface area (Å²) >= 11 is 0. The van der Waals surface area contributed by atoms with Crippen molar-refractivity contribution < 1.29 is 19.4 Å². The van der Waals surface area contributed by atoms with Gasteiger partial charge in [-0.2, -0.15) is 0 Å². The van der Waals surface area contributed by atoms with Crippen molar-refractivity contribution in [3.63, 3.8) is 0 Å². The molecule has 0 spiro atoms. The van der Waals surface area contributed by atoms with Crippen molar-refractivity contribution in [3.8, 4) is 5.69 Å². The first-order chi connectivity index (χ1) is 10.6. The number of anilines is 1. The van der Waals surface area contributed by atoms with E-state index >= 15 is 0 Å². The predicted molar refractivity (Wildman–Crippen MR) is 78.1 cm³/mol. The van der Waals surface area contributed by atoms with Crippen LogP contribution in [0.25, 0.3) is 5.69 Å². The van der Waals surface area contributed by atoms with Crippen LogP contribution in [-0.4, -0.2) is 45.2 Å². The third-order valence-corrected chi connectivity index (χ3v) is 2.78. The first-order valence-corrected chi connectivity index (χ1v) is 6.74. The summed E-state index contributed by atoms with van der Waals surface area (Å²) in [6.45, 7) is 2.80. The van der Waals surface area contributed by atoms with Gasteiger partial charge in [-0.05, 0) is 25.1 Å². The van der Waals surface area contributed by atoms with Crippen molar-refractivity contribution in [2.24, 2.45) is 0 Å². The maximum atomic E-state index is 11.7. The molecule has 22 heavy (non-hydrogen) atoms. The van der Waals surface area contributed by atoms with E-state index in [1.54, 1.807) is 24.3 Å². The first kappa shape index (κ1) is 15.6. The summed E-state index contributed by atoms with van der Waals surface area (Å²) in [7, 11) is 0. The number of rotatable bonds is 7. The van der Waals surface area contributed by atoms with Crippen molar-refractivity contribution in [1.29, 1.82) is 0 Å². The second-order valence-corrected chi connectivity index (χ2v) is 4.40. The molecule has 0 aliphatic rings. The molecular weight excluding hydrogens is 288 g/mol. The van der Waals surface area contributed by atoms with Crippen molar-refractivity contribution in [2.75, 3.05) is 18.5 Å². The van der Waals surface area contributed by atoms with Gasteiger partial charge in [0, 0.05) is 12.3 Å². The van der Waals surface area contributed by atoms with Crippen LogP contribution in [0.15, 0.2) is 30.5 Å². The monoisotopic (exact) mass is 304 g/mol. The van der Waals surface area contributed by atoms with Gasteiger partial charge in [0.2, 0.25) is 5.91 Å². The molecule has 2 N–H and O–H groups in total. The first-order valence-electron chi connectivity index (χ1n) is 6.74. The molecule has 116 valence electrons. The van der Waals surface area contributed by atoms with E-state index in [0.717, 1.165) is 0 Å². The van der Waals surface area contributed by atoms with E-state index in [9.17, 15) is 9.59 Å². The zero-order valence-electron chi connectivity index (χ0n) is 12.0. The minimum absolute atomic E-state index is 0.147. The van der Waals surface area contributed by atoms with E-state index in [2.05, 4.69) is 15.6 Å². The Morgan fingerprint density at radius 1 is 1.41 bits per heavy atom. The number of aromatic nitrogens is 3. The van der Waals surface area contributed by atoms with Crippen LogP contribution in [-0.2, 0) is 9.53 Å². The Hall–Kier alpha value is -2.74. The topological polar surface area (TPSA) is 106 Å². The van der Waals surface area contributed by atoms with E-state index in [0.29, 0.717) is 24.6 Å². The van der Waals surface area contributed by atoms with Gasteiger partial charge in [0.1, 0.15) is 0 Å². The molecule has 0 bridgehead atoms. The van der Waals surface area contributed by atoms with E-state index in [1.807, 2.05) is 6.92 Å². The summed E-state index contributed by atoms with van der Waals surface area (Å²) in [4.78, 5) is 22.5. The lowest BCUT2D eigenvalue weighted by Gasteiger charge is -2.07. The fraction of sp³-hybridized carbons (Fsp3) is 0.286. The molecule has 8 heteroatoms. The Bertz CT molecular complexity index is 668. The summed E-state index contributed by atoms with van der Waals surface area (Å²) < 4.78 is 6.45. The van der Waals surface area contributed by atoms with Crippen LogP contribution in [0, 0.1) is 0 Å². The zero-order chi connectivity index (χ0) is 15.9. The maximum Gasteiger partial charge on any atom is 0.358 e. The van der Waals surface area contributed by atoms with Crippen LogP contribution in [0.2, 0.25) is 0 Å². The number of carboxylic acids is 1. The van der Waals surface area contributed by atoms with Gasteiger partial charge in [-0.15, -0.1) is 5.10 Å². The second-order valence-electron chi connectivity index (χ2n) is 4.40. The average Bonchev–Trinajstić information content (AvgIpc) is 2.98. The highest BCUT2D eigenvalue weighted by molar-refractivity contribution is 5.91. The minimum atomic E-state index is -1.15. The van der Waals surface area contributed by atoms with Gasteiger partial charge in [-0.3, -0.25) is 4.79 Å². The molecule has 2 aromatic rings. The van der Waals surface area contributed by atoms with Crippen LogP contribution >= 0.6 is 0 Å². The summed E-state index contributed by atoms with van der Waals surface area (Å²) in [5.41, 5.74) is 1.04. The third kappa shape index (κ3) is 4.13. The lowest BCUT2D eigenvalue weighted by Crippen LogP contribution is -2.14. The molecule has 1 heterocycles. The van der Waals surface area contributed by atoms with Gasteiger partial charge in [0.15, 0.2) is 5.69 Å². The minimum Gasteiger partial charge on any atom is -0.476 e. The fourth-order valence-corrected chi connectivity index (χ4v) is 1.75. The quantitative estimate of drug-likeness (QED) is 0.747. The molecule has 1 aromatic carbocycles. The lowest BCUT2D eigenvalue weighted by atomic mass is 10.2. The number of carboxylic acid groups (broad SMARTS) is 1. The Morgan fingerprint density at radius 3 is 2.91 bits per heavy atom. The number of hydrogen-bond donors (Lipinski definition) is 2. The molecule has 8 nitrogen and oxygen atoms in total. The molecule has 0 unspecified atom stereocenters. The number of hydrogen-bond acceptors (Lipinski definition) is 5. The highest BCUT2D eigenvalue weighted by Gasteiger charge is 2.10. The Labute approximate surface area is 126 Å². The van der Waals surface area contributed by atoms with Crippen molar-refractivity contribution in [1.82, 2.24) is 15.0 Å². The lowest BCUT2D eigenvalue weighted by molar-refractivity contribution is -0.117. The number of nitrogens with one attached hydrogen (secondary N) is 1. The molecule has 0 aliphatic carbocycles. The van der Waals surface area contributed by atoms with Crippen molar-refractivity contribution >= 4 is 17.6 Å². The molecule has 1 amide bonds. The maximum absolute atomic E-state index is 11.7. The summed E-state index contributed by atoms with van der Waals surface area (Å²) in [5.74, 6) is -1.30. The number of aromatic carboxylic acids is 1.